The highest BCUT2D eigenvalue weighted by Crippen LogP contribution is 2.48. The summed E-state index contributed by atoms with van der Waals surface area (Å²) in [6.45, 7) is 0. The Kier molecular flexibility index (Phi) is 4.93. The molecule has 0 unspecified atom stereocenters. The number of fused-ring (bicyclic) bond motifs is 5. The minimum atomic E-state index is 1.02. The summed E-state index contributed by atoms with van der Waals surface area (Å²) in [4.78, 5) is 8.91. The van der Waals surface area contributed by atoms with E-state index in [1.807, 2.05) is 6.20 Å². The zero-order valence-electron chi connectivity index (χ0n) is 22.8. The summed E-state index contributed by atoms with van der Waals surface area (Å²) in [7, 11) is 0. The Hall–Kier alpha value is -5.60. The molecule has 0 radical (unpaired) electrons. The van der Waals surface area contributed by atoms with Crippen LogP contribution in [0.2, 0.25) is 0 Å². The van der Waals surface area contributed by atoms with Crippen molar-refractivity contribution in [2.24, 2.45) is 0 Å². The molecule has 0 aliphatic heterocycles. The molecule has 0 atom stereocenters. The van der Waals surface area contributed by atoms with Crippen molar-refractivity contribution in [3.05, 3.63) is 146 Å². The van der Waals surface area contributed by atoms with Crippen molar-refractivity contribution in [1.29, 1.82) is 0 Å². The smallest absolute Gasteiger partial charge is 0.116 e. The van der Waals surface area contributed by atoms with Crippen molar-refractivity contribution in [1.82, 2.24) is 9.97 Å². The van der Waals surface area contributed by atoms with Crippen LogP contribution in [0.1, 0.15) is 0 Å². The number of benzene rings is 7. The molecule has 194 valence electrons. The number of aromatic nitrogens is 2. The van der Waals surface area contributed by atoms with Crippen LogP contribution in [0.25, 0.3) is 88.1 Å². The van der Waals surface area contributed by atoms with Crippen LogP contribution in [0.15, 0.2) is 146 Å². The number of nitrogens with zero attached hydrogens (tertiary/aromatic N) is 2. The molecule has 42 heavy (non-hydrogen) atoms. The average molecular weight is 533 g/mol. The second-order valence-electron chi connectivity index (χ2n) is 11.0. The van der Waals surface area contributed by atoms with E-state index < -0.39 is 0 Å². The van der Waals surface area contributed by atoms with Gasteiger partial charge in [-0.25, -0.2) is 9.97 Å². The van der Waals surface area contributed by atoms with E-state index in [-0.39, 0.29) is 0 Å². The van der Waals surface area contributed by atoms with Gasteiger partial charge in [-0.3, -0.25) is 0 Å². The monoisotopic (exact) mass is 532 g/mol. The van der Waals surface area contributed by atoms with Gasteiger partial charge in [0.1, 0.15) is 6.33 Å². The van der Waals surface area contributed by atoms with E-state index in [2.05, 4.69) is 143 Å². The van der Waals surface area contributed by atoms with E-state index in [9.17, 15) is 0 Å². The molecule has 0 fully saturated rings. The molecule has 9 rings (SSSR count). The molecule has 0 spiro atoms. The number of rotatable bonds is 3. The summed E-state index contributed by atoms with van der Waals surface area (Å²) in [5, 5.41) is 7.61. The Morgan fingerprint density at radius 3 is 1.57 bits per heavy atom. The molecule has 8 aromatic rings. The summed E-state index contributed by atoms with van der Waals surface area (Å²) in [5.74, 6) is 0. The lowest BCUT2D eigenvalue weighted by atomic mass is 9.85. The topological polar surface area (TPSA) is 25.8 Å². The minimum absolute atomic E-state index is 1.02. The predicted octanol–water partition coefficient (Wildman–Crippen LogP) is 10.6. The molecule has 2 nitrogen and oxygen atoms in total. The lowest BCUT2D eigenvalue weighted by Gasteiger charge is -2.18. The fourth-order valence-electron chi connectivity index (χ4n) is 6.99. The first-order valence-electron chi connectivity index (χ1n) is 14.3. The number of hydrogen-bond acceptors (Lipinski definition) is 2. The van der Waals surface area contributed by atoms with E-state index in [0.29, 0.717) is 0 Å². The fraction of sp³-hybridized carbons (Fsp3) is 0. The zero-order valence-corrected chi connectivity index (χ0v) is 22.8. The highest BCUT2D eigenvalue weighted by Gasteiger charge is 2.24. The normalized spacial score (nSPS) is 11.8. The molecule has 0 saturated heterocycles. The standard InChI is InChI=1S/C40H24N2/c1-2-9-26(10-3-1)37-30-11-4-6-13-32(30)38(33-14-7-5-12-31(33)37)27-19-17-25(18-20-27)28-21-22-34-36-23-41-24-42-40(36)35-16-8-15-29(28)39(34)35/h1-24H. The van der Waals surface area contributed by atoms with Crippen molar-refractivity contribution in [3.63, 3.8) is 0 Å². The second-order valence-corrected chi connectivity index (χ2v) is 11.0. The van der Waals surface area contributed by atoms with Gasteiger partial charge in [0.2, 0.25) is 0 Å². The molecule has 1 aromatic heterocycles. The SMILES string of the molecule is c1ccc(-c2c3ccccc3c(-c3ccc(-c4ccc5c6c(cccc46)-c4ncncc4-5)cc3)c3ccccc23)cc1. The van der Waals surface area contributed by atoms with Crippen molar-refractivity contribution < 1.29 is 0 Å². The van der Waals surface area contributed by atoms with Crippen molar-refractivity contribution >= 4 is 32.3 Å². The van der Waals surface area contributed by atoms with Gasteiger partial charge in [0.25, 0.3) is 0 Å². The zero-order chi connectivity index (χ0) is 27.6. The van der Waals surface area contributed by atoms with Gasteiger partial charge in [0.15, 0.2) is 0 Å². The molecule has 2 heteroatoms. The molecule has 1 heterocycles. The predicted molar refractivity (Wildman–Crippen MR) is 175 cm³/mol. The van der Waals surface area contributed by atoms with Gasteiger partial charge in [0.05, 0.1) is 5.69 Å². The lowest BCUT2D eigenvalue weighted by molar-refractivity contribution is 1.18. The molecule has 0 bridgehead atoms. The Bertz CT molecular complexity index is 2250. The van der Waals surface area contributed by atoms with Crippen molar-refractivity contribution in [2.45, 2.75) is 0 Å². The summed E-state index contributed by atoms with van der Waals surface area (Å²) in [6.07, 6.45) is 3.58. The lowest BCUT2D eigenvalue weighted by Crippen LogP contribution is -1.91. The quantitative estimate of drug-likeness (QED) is 0.212. The van der Waals surface area contributed by atoms with Gasteiger partial charge in [0, 0.05) is 17.3 Å². The van der Waals surface area contributed by atoms with E-state index in [1.165, 1.54) is 76.8 Å². The molecule has 0 N–H and O–H groups in total. The van der Waals surface area contributed by atoms with Gasteiger partial charge in [-0.2, -0.15) is 0 Å². The van der Waals surface area contributed by atoms with Crippen molar-refractivity contribution in [2.75, 3.05) is 0 Å². The summed E-state index contributed by atoms with van der Waals surface area (Å²) < 4.78 is 0. The van der Waals surface area contributed by atoms with Gasteiger partial charge < -0.3 is 0 Å². The maximum absolute atomic E-state index is 4.61. The summed E-state index contributed by atoms with van der Waals surface area (Å²) in [5.41, 5.74) is 12.0. The van der Waals surface area contributed by atoms with Gasteiger partial charge >= 0.3 is 0 Å². The second kappa shape index (κ2) is 8.95. The van der Waals surface area contributed by atoms with E-state index in [1.54, 1.807) is 6.33 Å². The Balaban J connectivity index is 1.24. The third kappa shape index (κ3) is 3.27. The largest absolute Gasteiger partial charge is 0.244 e. The molecule has 0 amide bonds. The van der Waals surface area contributed by atoms with Crippen LogP contribution in [-0.4, -0.2) is 9.97 Å². The van der Waals surface area contributed by atoms with Crippen LogP contribution in [-0.2, 0) is 0 Å². The third-order valence-electron chi connectivity index (χ3n) is 8.78. The summed E-state index contributed by atoms with van der Waals surface area (Å²) >= 11 is 0. The maximum atomic E-state index is 4.61. The maximum Gasteiger partial charge on any atom is 0.116 e. The highest BCUT2D eigenvalue weighted by atomic mass is 14.8. The Labute approximate surface area is 243 Å². The van der Waals surface area contributed by atoms with Crippen LogP contribution in [0.5, 0.6) is 0 Å². The molecular formula is C40H24N2. The molecule has 7 aromatic carbocycles. The first-order valence-corrected chi connectivity index (χ1v) is 14.3. The molecule has 1 aliphatic carbocycles. The van der Waals surface area contributed by atoms with E-state index in [4.69, 9.17) is 0 Å². The Morgan fingerprint density at radius 2 is 0.905 bits per heavy atom. The van der Waals surface area contributed by atoms with E-state index in [0.717, 1.165) is 11.3 Å². The van der Waals surface area contributed by atoms with Crippen LogP contribution in [0.3, 0.4) is 0 Å². The van der Waals surface area contributed by atoms with Crippen LogP contribution < -0.4 is 0 Å². The first-order chi connectivity index (χ1) is 20.9. The fourth-order valence-corrected chi connectivity index (χ4v) is 6.99. The van der Waals surface area contributed by atoms with Crippen LogP contribution >= 0.6 is 0 Å². The first kappa shape index (κ1) is 23.1. The van der Waals surface area contributed by atoms with Crippen LogP contribution in [0, 0.1) is 0 Å². The van der Waals surface area contributed by atoms with Crippen molar-refractivity contribution in [3.8, 4) is 55.8 Å². The van der Waals surface area contributed by atoms with Gasteiger partial charge in [-0.15, -0.1) is 0 Å². The Morgan fingerprint density at radius 1 is 0.357 bits per heavy atom. The van der Waals surface area contributed by atoms with E-state index >= 15 is 0 Å². The molecule has 0 saturated carbocycles. The minimum Gasteiger partial charge on any atom is -0.244 e. The summed E-state index contributed by atoms with van der Waals surface area (Å²) in [6, 6.07) is 48.6. The van der Waals surface area contributed by atoms with Crippen LogP contribution in [0.4, 0.5) is 0 Å². The molecule has 1 aliphatic rings. The average Bonchev–Trinajstić information content (AvgIpc) is 3.39. The number of hydrogen-bond donors (Lipinski definition) is 0. The third-order valence-corrected chi connectivity index (χ3v) is 8.78. The van der Waals surface area contributed by atoms with Gasteiger partial charge in [-0.05, 0) is 71.3 Å². The molecular weight excluding hydrogens is 508 g/mol. The highest BCUT2D eigenvalue weighted by molar-refractivity contribution is 6.22. The van der Waals surface area contributed by atoms with Gasteiger partial charge in [-0.1, -0.05) is 133 Å².